The third-order valence-corrected chi connectivity index (χ3v) is 5.01. The van der Waals surface area contributed by atoms with Gasteiger partial charge in [0.25, 0.3) is 0 Å². The van der Waals surface area contributed by atoms with Crippen molar-refractivity contribution in [2.75, 3.05) is 19.8 Å². The molecule has 1 aromatic heterocycles. The molecule has 2 heterocycles. The molecular weight excluding hydrogens is 304 g/mol. The summed E-state index contributed by atoms with van der Waals surface area (Å²) in [6.45, 7) is 5.16. The molecule has 1 aromatic carbocycles. The smallest absolute Gasteiger partial charge is 0.226 e. The highest BCUT2D eigenvalue weighted by atomic mass is 16.5. The fourth-order valence-corrected chi connectivity index (χ4v) is 3.75. The van der Waals surface area contributed by atoms with Crippen molar-refractivity contribution >= 4 is 16.8 Å². The third-order valence-electron chi connectivity index (χ3n) is 5.01. The van der Waals surface area contributed by atoms with Crippen LogP contribution in [-0.2, 0) is 21.6 Å². The van der Waals surface area contributed by atoms with E-state index in [9.17, 15) is 9.90 Å². The number of rotatable bonds is 6. The molecule has 5 heteroatoms. The molecule has 3 rings (SSSR count). The Morgan fingerprint density at radius 1 is 1.46 bits per heavy atom. The largest absolute Gasteiger partial charge is 0.396 e. The number of amides is 1. The molecule has 1 amide bonds. The van der Waals surface area contributed by atoms with Gasteiger partial charge in [0.2, 0.25) is 5.91 Å². The maximum atomic E-state index is 12.7. The zero-order valence-corrected chi connectivity index (χ0v) is 14.4. The van der Waals surface area contributed by atoms with Crippen molar-refractivity contribution in [2.24, 2.45) is 5.92 Å². The van der Waals surface area contributed by atoms with Crippen LogP contribution in [0, 0.1) is 5.92 Å². The minimum absolute atomic E-state index is 0.0429. The summed E-state index contributed by atoms with van der Waals surface area (Å²) in [5.74, 6) is -0.485. The lowest BCUT2D eigenvalue weighted by atomic mass is 9.79. The van der Waals surface area contributed by atoms with Gasteiger partial charge in [-0.2, -0.15) is 0 Å². The van der Waals surface area contributed by atoms with Crippen LogP contribution in [0.2, 0.25) is 0 Å². The summed E-state index contributed by atoms with van der Waals surface area (Å²) in [6.07, 6.45) is 2.09. The summed E-state index contributed by atoms with van der Waals surface area (Å²) in [7, 11) is 0. The van der Waals surface area contributed by atoms with Crippen LogP contribution >= 0.6 is 0 Å². The lowest BCUT2D eigenvalue weighted by molar-refractivity contribution is -0.145. The average Bonchev–Trinajstić information content (AvgIpc) is 2.98. The van der Waals surface area contributed by atoms with Crippen molar-refractivity contribution in [3.05, 3.63) is 35.5 Å². The Morgan fingerprint density at radius 2 is 2.25 bits per heavy atom. The molecule has 1 aliphatic heterocycles. The molecule has 0 bridgehead atoms. The number of ether oxygens (including phenoxy) is 1. The van der Waals surface area contributed by atoms with E-state index in [4.69, 9.17) is 4.74 Å². The molecule has 3 N–H and O–H groups in total. The second kappa shape index (κ2) is 6.95. The number of aliphatic hydroxyl groups is 1. The van der Waals surface area contributed by atoms with E-state index in [0.717, 1.165) is 24.1 Å². The topological polar surface area (TPSA) is 74.3 Å². The van der Waals surface area contributed by atoms with Crippen molar-refractivity contribution in [1.82, 2.24) is 10.3 Å². The van der Waals surface area contributed by atoms with Crippen LogP contribution in [0.15, 0.2) is 24.3 Å². The van der Waals surface area contributed by atoms with E-state index in [1.54, 1.807) is 0 Å². The first-order chi connectivity index (χ1) is 11.6. The standard InChI is InChI=1S/C19H26N2O3/c1-3-10-20-18(23)15(8-11-22)19(2)17-14(9-12-24-19)13-6-4-5-7-16(13)21-17/h4-7,15,21-22H,3,8-12H2,1-2H3,(H,20,23). The maximum Gasteiger partial charge on any atom is 0.226 e. The van der Waals surface area contributed by atoms with Crippen LogP contribution < -0.4 is 5.32 Å². The van der Waals surface area contributed by atoms with Crippen LogP contribution in [0.1, 0.15) is 37.9 Å². The number of aromatic amines is 1. The van der Waals surface area contributed by atoms with Crippen LogP contribution in [-0.4, -0.2) is 35.8 Å². The molecule has 2 unspecified atom stereocenters. The number of carbonyl (C=O) groups excluding carboxylic acids is 1. The quantitative estimate of drug-likeness (QED) is 0.762. The van der Waals surface area contributed by atoms with Gasteiger partial charge in [-0.05, 0) is 37.8 Å². The molecule has 2 atom stereocenters. The van der Waals surface area contributed by atoms with Gasteiger partial charge in [0.05, 0.1) is 18.2 Å². The van der Waals surface area contributed by atoms with Crippen molar-refractivity contribution in [3.63, 3.8) is 0 Å². The number of para-hydroxylation sites is 1. The predicted molar refractivity (Wildman–Crippen MR) is 93.8 cm³/mol. The molecule has 0 spiro atoms. The second-order valence-electron chi connectivity index (χ2n) is 6.59. The molecule has 0 fully saturated rings. The monoisotopic (exact) mass is 330 g/mol. The van der Waals surface area contributed by atoms with Gasteiger partial charge in [-0.15, -0.1) is 0 Å². The van der Waals surface area contributed by atoms with Gasteiger partial charge in [-0.25, -0.2) is 0 Å². The molecule has 0 aliphatic carbocycles. The summed E-state index contributed by atoms with van der Waals surface area (Å²) in [5.41, 5.74) is 2.51. The average molecular weight is 330 g/mol. The minimum atomic E-state index is -0.757. The van der Waals surface area contributed by atoms with Gasteiger partial charge in [-0.3, -0.25) is 4.79 Å². The Labute approximate surface area is 142 Å². The van der Waals surface area contributed by atoms with Gasteiger partial charge in [0.1, 0.15) is 5.60 Å². The number of hydrogen-bond acceptors (Lipinski definition) is 3. The molecule has 0 radical (unpaired) electrons. The summed E-state index contributed by atoms with van der Waals surface area (Å²) in [4.78, 5) is 16.2. The van der Waals surface area contributed by atoms with E-state index in [-0.39, 0.29) is 12.5 Å². The lowest BCUT2D eigenvalue weighted by Crippen LogP contribution is -2.48. The van der Waals surface area contributed by atoms with Crippen LogP contribution in [0.3, 0.4) is 0 Å². The van der Waals surface area contributed by atoms with Gasteiger partial charge >= 0.3 is 0 Å². The van der Waals surface area contributed by atoms with E-state index < -0.39 is 11.5 Å². The van der Waals surface area contributed by atoms with E-state index in [0.29, 0.717) is 19.6 Å². The first kappa shape index (κ1) is 17.0. The zero-order chi connectivity index (χ0) is 17.2. The number of H-pyrrole nitrogens is 1. The Morgan fingerprint density at radius 3 is 3.00 bits per heavy atom. The fraction of sp³-hybridized carbons (Fsp3) is 0.526. The highest BCUT2D eigenvalue weighted by molar-refractivity contribution is 5.86. The maximum absolute atomic E-state index is 12.7. The van der Waals surface area contributed by atoms with Crippen LogP contribution in [0.25, 0.3) is 10.9 Å². The summed E-state index contributed by atoms with van der Waals surface area (Å²) in [6, 6.07) is 8.19. The molecule has 130 valence electrons. The SMILES string of the molecule is CCCNC(=O)C(CCO)C1(C)OCCc2c1[nH]c1ccccc21. The molecule has 5 nitrogen and oxygen atoms in total. The fourth-order valence-electron chi connectivity index (χ4n) is 3.75. The Bertz CT molecular complexity index is 724. The second-order valence-corrected chi connectivity index (χ2v) is 6.59. The molecule has 2 aromatic rings. The lowest BCUT2D eigenvalue weighted by Gasteiger charge is -2.39. The number of hydrogen-bond donors (Lipinski definition) is 3. The van der Waals surface area contributed by atoms with Crippen molar-refractivity contribution < 1.29 is 14.6 Å². The third kappa shape index (κ3) is 2.82. The summed E-state index contributed by atoms with van der Waals surface area (Å²) in [5, 5.41) is 13.7. The number of nitrogens with one attached hydrogen (secondary N) is 2. The molecular formula is C19H26N2O3. The molecule has 0 saturated carbocycles. The van der Waals surface area contributed by atoms with Crippen LogP contribution in [0.5, 0.6) is 0 Å². The van der Waals surface area contributed by atoms with Gasteiger partial charge in [0.15, 0.2) is 0 Å². The van der Waals surface area contributed by atoms with Gasteiger partial charge in [-0.1, -0.05) is 25.1 Å². The number of aromatic nitrogens is 1. The predicted octanol–water partition coefficient (Wildman–Crippen LogP) is 2.48. The number of fused-ring (bicyclic) bond motifs is 3. The summed E-state index contributed by atoms with van der Waals surface area (Å²) >= 11 is 0. The Balaban J connectivity index is 2.04. The highest BCUT2D eigenvalue weighted by Gasteiger charge is 2.45. The van der Waals surface area contributed by atoms with Gasteiger partial charge < -0.3 is 20.1 Å². The first-order valence-electron chi connectivity index (χ1n) is 8.74. The number of benzene rings is 1. The minimum Gasteiger partial charge on any atom is -0.396 e. The molecule has 1 aliphatic rings. The number of carbonyl (C=O) groups is 1. The van der Waals surface area contributed by atoms with Crippen molar-refractivity contribution in [1.29, 1.82) is 0 Å². The van der Waals surface area contributed by atoms with E-state index in [2.05, 4.69) is 16.4 Å². The molecule has 24 heavy (non-hydrogen) atoms. The van der Waals surface area contributed by atoms with Crippen LogP contribution in [0.4, 0.5) is 0 Å². The van der Waals surface area contributed by atoms with Gasteiger partial charge in [0, 0.05) is 24.1 Å². The Kier molecular flexibility index (Phi) is 4.92. The van der Waals surface area contributed by atoms with E-state index in [1.165, 1.54) is 10.9 Å². The number of aliphatic hydroxyl groups excluding tert-OH is 1. The summed E-state index contributed by atoms with van der Waals surface area (Å²) < 4.78 is 6.13. The van der Waals surface area contributed by atoms with E-state index >= 15 is 0 Å². The normalized spacial score (nSPS) is 21.5. The molecule has 0 saturated heterocycles. The van der Waals surface area contributed by atoms with E-state index in [1.807, 2.05) is 32.0 Å². The highest BCUT2D eigenvalue weighted by Crippen LogP contribution is 2.42. The van der Waals surface area contributed by atoms with Crippen molar-refractivity contribution in [3.8, 4) is 0 Å². The first-order valence-corrected chi connectivity index (χ1v) is 8.74. The zero-order valence-electron chi connectivity index (χ0n) is 14.4. The van der Waals surface area contributed by atoms with Crippen molar-refractivity contribution in [2.45, 2.75) is 38.7 Å². The Hall–Kier alpha value is -1.85.